The predicted molar refractivity (Wildman–Crippen MR) is 116 cm³/mol. The molecular formula is C24H32N2O3. The molecular weight excluding hydrogens is 364 g/mol. The second-order valence-corrected chi connectivity index (χ2v) is 7.82. The first-order valence-electron chi connectivity index (χ1n) is 10.00. The minimum Gasteiger partial charge on any atom is -0.497 e. The van der Waals surface area contributed by atoms with Crippen molar-refractivity contribution in [2.45, 2.75) is 59.7 Å². The number of methoxy groups -OCH3 is 1. The van der Waals surface area contributed by atoms with Crippen LogP contribution in [0.5, 0.6) is 5.75 Å². The maximum Gasteiger partial charge on any atom is 0.242 e. The van der Waals surface area contributed by atoms with Crippen LogP contribution in [0.15, 0.2) is 42.5 Å². The van der Waals surface area contributed by atoms with Crippen LogP contribution in [0.4, 0.5) is 0 Å². The molecule has 0 fully saturated rings. The summed E-state index contributed by atoms with van der Waals surface area (Å²) in [5.74, 6) is 0.494. The number of carbonyl (C=O) groups excluding carboxylic acids is 2. The number of rotatable bonds is 8. The van der Waals surface area contributed by atoms with Crippen molar-refractivity contribution in [1.82, 2.24) is 10.2 Å². The fraction of sp³-hybridized carbons (Fsp3) is 0.417. The molecule has 29 heavy (non-hydrogen) atoms. The lowest BCUT2D eigenvalue weighted by Crippen LogP contribution is -2.49. The van der Waals surface area contributed by atoms with Gasteiger partial charge in [0.15, 0.2) is 0 Å². The number of benzene rings is 2. The minimum atomic E-state index is -0.582. The van der Waals surface area contributed by atoms with Crippen molar-refractivity contribution in [3.05, 3.63) is 64.7 Å². The molecule has 2 amide bonds. The molecule has 0 saturated carbocycles. The van der Waals surface area contributed by atoms with E-state index in [0.29, 0.717) is 6.54 Å². The fourth-order valence-corrected chi connectivity index (χ4v) is 3.21. The normalized spacial score (nSPS) is 11.8. The molecule has 2 aromatic carbocycles. The van der Waals surface area contributed by atoms with Crippen LogP contribution in [0.1, 0.15) is 43.0 Å². The van der Waals surface area contributed by atoms with Crippen LogP contribution >= 0.6 is 0 Å². The van der Waals surface area contributed by atoms with Crippen molar-refractivity contribution in [2.24, 2.45) is 0 Å². The molecule has 156 valence electrons. The second kappa shape index (κ2) is 10.1. The van der Waals surface area contributed by atoms with Crippen LogP contribution < -0.4 is 10.1 Å². The van der Waals surface area contributed by atoms with Gasteiger partial charge in [-0.3, -0.25) is 9.59 Å². The quantitative estimate of drug-likeness (QED) is 0.738. The van der Waals surface area contributed by atoms with Gasteiger partial charge in [0.2, 0.25) is 11.8 Å². The zero-order chi connectivity index (χ0) is 21.6. The first kappa shape index (κ1) is 22.5. The van der Waals surface area contributed by atoms with Gasteiger partial charge < -0.3 is 15.0 Å². The Morgan fingerprint density at radius 1 is 1.07 bits per heavy atom. The van der Waals surface area contributed by atoms with Gasteiger partial charge in [0.1, 0.15) is 11.8 Å². The molecule has 0 aliphatic carbocycles. The molecule has 2 aromatic rings. The Kier molecular flexibility index (Phi) is 7.82. The van der Waals surface area contributed by atoms with E-state index in [1.54, 1.807) is 18.9 Å². The summed E-state index contributed by atoms with van der Waals surface area (Å²) in [5.41, 5.74) is 4.10. The number of hydrogen-bond donors (Lipinski definition) is 1. The summed E-state index contributed by atoms with van der Waals surface area (Å²) >= 11 is 0. The van der Waals surface area contributed by atoms with E-state index in [0.717, 1.165) is 28.0 Å². The molecule has 1 unspecified atom stereocenters. The van der Waals surface area contributed by atoms with Crippen LogP contribution in [-0.2, 0) is 22.6 Å². The summed E-state index contributed by atoms with van der Waals surface area (Å²) < 4.78 is 5.30. The third-order valence-corrected chi connectivity index (χ3v) is 4.93. The fourth-order valence-electron chi connectivity index (χ4n) is 3.21. The topological polar surface area (TPSA) is 58.6 Å². The zero-order valence-corrected chi connectivity index (χ0v) is 18.3. The number of carbonyl (C=O) groups is 2. The Labute approximate surface area is 174 Å². The number of hydrogen-bond acceptors (Lipinski definition) is 3. The minimum absolute atomic E-state index is 0.0118. The Morgan fingerprint density at radius 3 is 2.45 bits per heavy atom. The summed E-state index contributed by atoms with van der Waals surface area (Å²) in [6, 6.07) is 13.1. The van der Waals surface area contributed by atoms with E-state index in [-0.39, 0.29) is 24.3 Å². The number of ether oxygens (including phenoxy) is 1. The number of nitrogens with zero attached hydrogens (tertiary/aromatic N) is 1. The monoisotopic (exact) mass is 396 g/mol. The van der Waals surface area contributed by atoms with Crippen molar-refractivity contribution in [2.75, 3.05) is 7.11 Å². The molecule has 0 aliphatic heterocycles. The number of amides is 2. The molecule has 2 rings (SSSR count). The third kappa shape index (κ3) is 6.34. The first-order valence-corrected chi connectivity index (χ1v) is 10.00. The highest BCUT2D eigenvalue weighted by Gasteiger charge is 2.27. The Bertz CT molecular complexity index is 861. The highest BCUT2D eigenvalue weighted by atomic mass is 16.5. The molecule has 1 atom stereocenters. The highest BCUT2D eigenvalue weighted by molar-refractivity contribution is 5.88. The van der Waals surface area contributed by atoms with E-state index in [1.165, 1.54) is 0 Å². The molecule has 5 nitrogen and oxygen atoms in total. The molecule has 0 heterocycles. The van der Waals surface area contributed by atoms with Gasteiger partial charge in [-0.1, -0.05) is 35.9 Å². The molecule has 5 heteroatoms. The summed E-state index contributed by atoms with van der Waals surface area (Å²) in [5, 5.41) is 2.91. The molecule has 0 aliphatic rings. The highest BCUT2D eigenvalue weighted by Crippen LogP contribution is 2.18. The van der Waals surface area contributed by atoms with Crippen molar-refractivity contribution in [3.63, 3.8) is 0 Å². The van der Waals surface area contributed by atoms with Gasteiger partial charge in [-0.2, -0.15) is 0 Å². The Morgan fingerprint density at radius 2 is 1.79 bits per heavy atom. The molecule has 0 bridgehead atoms. The molecule has 0 radical (unpaired) electrons. The van der Waals surface area contributed by atoms with Crippen LogP contribution in [0.2, 0.25) is 0 Å². The Hall–Kier alpha value is -2.82. The van der Waals surface area contributed by atoms with Crippen molar-refractivity contribution in [1.29, 1.82) is 0 Å². The lowest BCUT2D eigenvalue weighted by Gasteiger charge is -2.30. The van der Waals surface area contributed by atoms with E-state index < -0.39 is 6.04 Å². The average Bonchev–Trinajstić information content (AvgIpc) is 2.68. The van der Waals surface area contributed by atoms with Crippen LogP contribution in [0, 0.1) is 13.8 Å². The maximum absolute atomic E-state index is 13.3. The van der Waals surface area contributed by atoms with Crippen molar-refractivity contribution >= 4 is 11.8 Å². The van der Waals surface area contributed by atoms with Gasteiger partial charge in [0.05, 0.1) is 13.5 Å². The molecule has 1 N–H and O–H groups in total. The third-order valence-electron chi connectivity index (χ3n) is 4.93. The smallest absolute Gasteiger partial charge is 0.242 e. The summed E-state index contributed by atoms with van der Waals surface area (Å²) in [7, 11) is 1.61. The second-order valence-electron chi connectivity index (χ2n) is 7.82. The van der Waals surface area contributed by atoms with Gasteiger partial charge in [-0.05, 0) is 63.4 Å². The van der Waals surface area contributed by atoms with E-state index in [9.17, 15) is 9.59 Å². The largest absolute Gasteiger partial charge is 0.497 e. The van der Waals surface area contributed by atoms with Crippen LogP contribution in [-0.4, -0.2) is 35.9 Å². The van der Waals surface area contributed by atoms with Crippen LogP contribution in [0.25, 0.3) is 0 Å². The van der Waals surface area contributed by atoms with Crippen LogP contribution in [0.3, 0.4) is 0 Å². The predicted octanol–water partition coefficient (Wildman–Crippen LogP) is 3.80. The summed E-state index contributed by atoms with van der Waals surface area (Å²) in [4.78, 5) is 27.6. The SMILES string of the molecule is COc1cccc(CN(C(=O)Cc2cc(C)ccc2C)C(C)C(=O)NC(C)C)c1. The van der Waals surface area contributed by atoms with E-state index in [1.807, 2.05) is 70.2 Å². The molecule has 0 spiro atoms. The average molecular weight is 397 g/mol. The van der Waals surface area contributed by atoms with Gasteiger partial charge in [0.25, 0.3) is 0 Å². The molecule has 0 aromatic heterocycles. The Balaban J connectivity index is 2.30. The first-order chi connectivity index (χ1) is 13.7. The number of nitrogens with one attached hydrogen (secondary N) is 1. The van der Waals surface area contributed by atoms with Crippen molar-refractivity contribution in [3.8, 4) is 5.75 Å². The van der Waals surface area contributed by atoms with E-state index in [2.05, 4.69) is 5.32 Å². The van der Waals surface area contributed by atoms with E-state index >= 15 is 0 Å². The van der Waals surface area contributed by atoms with Gasteiger partial charge in [0, 0.05) is 12.6 Å². The lowest BCUT2D eigenvalue weighted by atomic mass is 10.0. The van der Waals surface area contributed by atoms with Crippen molar-refractivity contribution < 1.29 is 14.3 Å². The zero-order valence-electron chi connectivity index (χ0n) is 18.3. The lowest BCUT2D eigenvalue weighted by molar-refractivity contribution is -0.140. The van der Waals surface area contributed by atoms with Gasteiger partial charge in [-0.25, -0.2) is 0 Å². The standard InChI is InChI=1S/C24H32N2O3/c1-16(2)25-24(28)19(5)26(15-20-8-7-9-22(13-20)29-6)23(27)14-21-12-17(3)10-11-18(21)4/h7-13,16,19H,14-15H2,1-6H3,(H,25,28). The molecule has 0 saturated heterocycles. The van der Waals surface area contributed by atoms with E-state index in [4.69, 9.17) is 4.74 Å². The van der Waals surface area contributed by atoms with Gasteiger partial charge in [-0.15, -0.1) is 0 Å². The maximum atomic E-state index is 13.3. The summed E-state index contributed by atoms with van der Waals surface area (Å²) in [6.07, 6.45) is 0.261. The number of aryl methyl sites for hydroxylation is 2. The van der Waals surface area contributed by atoms with Gasteiger partial charge >= 0.3 is 0 Å². The summed E-state index contributed by atoms with van der Waals surface area (Å²) in [6.45, 7) is 9.96.